The first kappa shape index (κ1) is 27.3. The highest BCUT2D eigenvalue weighted by atomic mass is 16.7. The van der Waals surface area contributed by atoms with Crippen LogP contribution in [0.1, 0.15) is 47.1 Å². The lowest BCUT2D eigenvalue weighted by Gasteiger charge is -2.36. The topological polar surface area (TPSA) is 43.8 Å². The van der Waals surface area contributed by atoms with Gasteiger partial charge < -0.3 is 19.1 Å². The van der Waals surface area contributed by atoms with Gasteiger partial charge in [-0.3, -0.25) is 4.98 Å². The first-order valence-electron chi connectivity index (χ1n) is 14.6. The molecule has 1 fully saturated rings. The van der Waals surface area contributed by atoms with Crippen LogP contribution in [0.4, 0.5) is 5.69 Å². The smallest absolute Gasteiger partial charge is 0.159 e. The highest BCUT2D eigenvalue weighted by Crippen LogP contribution is 2.42. The number of ether oxygens (including phenoxy) is 3. The first-order chi connectivity index (χ1) is 20.2. The molecule has 1 aromatic heterocycles. The van der Waals surface area contributed by atoms with Gasteiger partial charge in [0.2, 0.25) is 0 Å². The molecule has 0 saturated carbocycles. The molecule has 0 N–H and O–H groups in total. The van der Waals surface area contributed by atoms with E-state index in [0.29, 0.717) is 12.5 Å². The molecule has 41 heavy (non-hydrogen) atoms. The van der Waals surface area contributed by atoms with Crippen molar-refractivity contribution >= 4 is 16.8 Å². The Morgan fingerprint density at radius 2 is 1.61 bits per heavy atom. The Balaban J connectivity index is 1.27. The van der Waals surface area contributed by atoms with E-state index < -0.39 is 0 Å². The van der Waals surface area contributed by atoms with Gasteiger partial charge in [0.05, 0.1) is 0 Å². The quantitative estimate of drug-likeness (QED) is 0.205. The van der Waals surface area contributed by atoms with Crippen LogP contribution in [0.5, 0.6) is 5.75 Å². The van der Waals surface area contributed by atoms with Crippen LogP contribution in [0.2, 0.25) is 0 Å². The van der Waals surface area contributed by atoms with E-state index in [1.54, 1.807) is 14.2 Å². The minimum Gasteiger partial charge on any atom is -0.489 e. The van der Waals surface area contributed by atoms with E-state index >= 15 is 0 Å². The molecule has 210 valence electrons. The molecule has 0 bridgehead atoms. The predicted molar refractivity (Wildman–Crippen MR) is 165 cm³/mol. The second-order valence-electron chi connectivity index (χ2n) is 10.9. The van der Waals surface area contributed by atoms with Gasteiger partial charge in [-0.2, -0.15) is 0 Å². The summed E-state index contributed by atoms with van der Waals surface area (Å²) >= 11 is 0. The monoisotopic (exact) mass is 546 g/mol. The van der Waals surface area contributed by atoms with Crippen LogP contribution < -0.4 is 9.64 Å². The molecule has 4 aromatic rings. The minimum atomic E-state index is -0.118. The number of piperidine rings is 1. The molecule has 6 rings (SSSR count). The minimum absolute atomic E-state index is 0.118. The van der Waals surface area contributed by atoms with Crippen molar-refractivity contribution in [1.82, 2.24) is 4.98 Å². The summed E-state index contributed by atoms with van der Waals surface area (Å²) in [5.41, 5.74) is 10.1. The van der Waals surface area contributed by atoms with Crippen LogP contribution in [-0.2, 0) is 22.5 Å². The van der Waals surface area contributed by atoms with Crippen molar-refractivity contribution in [3.8, 4) is 5.75 Å². The summed E-state index contributed by atoms with van der Waals surface area (Å²) in [6.07, 6.45) is 7.78. The number of nitrogens with zero attached hydrogens (tertiary/aromatic N) is 2. The Hall–Kier alpha value is -3.93. The summed E-state index contributed by atoms with van der Waals surface area (Å²) in [5, 5.41) is 0. The maximum absolute atomic E-state index is 6.18. The summed E-state index contributed by atoms with van der Waals surface area (Å²) in [5.74, 6) is 1.35. The molecular weight excluding hydrogens is 508 g/mol. The molecule has 2 heterocycles. The van der Waals surface area contributed by atoms with Crippen molar-refractivity contribution in [2.45, 2.75) is 38.6 Å². The van der Waals surface area contributed by atoms with Crippen molar-refractivity contribution in [1.29, 1.82) is 0 Å². The number of aromatic nitrogens is 1. The third kappa shape index (κ3) is 6.07. The molecule has 1 aliphatic carbocycles. The lowest BCUT2D eigenvalue weighted by Crippen LogP contribution is -2.39. The van der Waals surface area contributed by atoms with Crippen molar-refractivity contribution in [2.24, 2.45) is 5.92 Å². The van der Waals surface area contributed by atoms with Crippen LogP contribution in [0.15, 0.2) is 97.3 Å². The number of methoxy groups -OCH3 is 2. The van der Waals surface area contributed by atoms with E-state index in [1.165, 1.54) is 44.7 Å². The molecular formula is C36H38N2O3. The van der Waals surface area contributed by atoms with Gasteiger partial charge in [0, 0.05) is 51.3 Å². The van der Waals surface area contributed by atoms with Gasteiger partial charge >= 0.3 is 0 Å². The molecule has 5 heteroatoms. The summed E-state index contributed by atoms with van der Waals surface area (Å²) in [7, 11) is 3.46. The number of rotatable bonds is 9. The standard InChI is InChI=1S/C36H38N2O3/c1-39-36(40-2)28-18-21-38(22-19-28)31-13-10-27(11-14-31)35-33-17-15-32(41-25-26-7-4-3-5-8-26)23-29(33)12-16-34(35)30-9-6-20-37-24-30/h3-11,13-15,17,20,23-24,28,36H,12,16,18-19,21-22,25H2,1-2H3. The molecule has 5 nitrogen and oxygen atoms in total. The maximum atomic E-state index is 6.18. The number of fused-ring (bicyclic) bond motifs is 1. The number of hydrogen-bond acceptors (Lipinski definition) is 5. The fraction of sp³-hybridized carbons (Fsp3) is 0.306. The summed E-state index contributed by atoms with van der Waals surface area (Å²) in [6, 6.07) is 30.2. The van der Waals surface area contributed by atoms with Crippen molar-refractivity contribution in [2.75, 3.05) is 32.2 Å². The van der Waals surface area contributed by atoms with Crippen LogP contribution in [0.3, 0.4) is 0 Å². The number of allylic oxidation sites excluding steroid dienone is 1. The Morgan fingerprint density at radius 1 is 0.829 bits per heavy atom. The summed E-state index contributed by atoms with van der Waals surface area (Å²) in [6.45, 7) is 2.58. The van der Waals surface area contributed by atoms with Gasteiger partial charge in [-0.15, -0.1) is 0 Å². The SMILES string of the molecule is COC(OC)C1CCN(c2ccc(C3=C(c4cccnc4)CCc4cc(OCc5ccccc5)ccc43)cc2)CC1. The molecule has 1 aliphatic heterocycles. The van der Waals surface area contributed by atoms with E-state index in [4.69, 9.17) is 14.2 Å². The van der Waals surface area contributed by atoms with Crippen molar-refractivity contribution < 1.29 is 14.2 Å². The van der Waals surface area contributed by atoms with Crippen LogP contribution in [0, 0.1) is 5.92 Å². The molecule has 0 radical (unpaired) electrons. The molecule has 1 saturated heterocycles. The average molecular weight is 547 g/mol. The zero-order chi connectivity index (χ0) is 28.0. The van der Waals surface area contributed by atoms with E-state index in [9.17, 15) is 0 Å². The number of benzene rings is 3. The Morgan fingerprint density at radius 3 is 2.32 bits per heavy atom. The lowest BCUT2D eigenvalue weighted by atomic mass is 9.80. The first-order valence-corrected chi connectivity index (χ1v) is 14.6. The highest BCUT2D eigenvalue weighted by Gasteiger charge is 2.27. The number of pyridine rings is 1. The zero-order valence-corrected chi connectivity index (χ0v) is 24.0. The maximum Gasteiger partial charge on any atom is 0.159 e. The van der Waals surface area contributed by atoms with E-state index in [0.717, 1.165) is 44.5 Å². The van der Waals surface area contributed by atoms with Gasteiger partial charge in [0.15, 0.2) is 6.29 Å². The zero-order valence-electron chi connectivity index (χ0n) is 24.0. The fourth-order valence-corrected chi connectivity index (χ4v) is 6.31. The molecule has 0 atom stereocenters. The van der Waals surface area contributed by atoms with E-state index in [1.807, 2.05) is 36.7 Å². The summed E-state index contributed by atoms with van der Waals surface area (Å²) in [4.78, 5) is 6.91. The second-order valence-corrected chi connectivity index (χ2v) is 10.9. The largest absolute Gasteiger partial charge is 0.489 e. The predicted octanol–water partition coefficient (Wildman–Crippen LogP) is 7.40. The molecule has 0 unspecified atom stereocenters. The number of anilines is 1. The third-order valence-corrected chi connectivity index (χ3v) is 8.46. The van der Waals surface area contributed by atoms with Gasteiger partial charge in [-0.05, 0) is 95.0 Å². The van der Waals surface area contributed by atoms with Gasteiger partial charge in [0.1, 0.15) is 12.4 Å². The molecule has 3 aromatic carbocycles. The van der Waals surface area contributed by atoms with E-state index in [-0.39, 0.29) is 6.29 Å². The van der Waals surface area contributed by atoms with Crippen molar-refractivity contribution in [3.63, 3.8) is 0 Å². The number of hydrogen-bond donors (Lipinski definition) is 0. The molecule has 0 spiro atoms. The Labute approximate surface area is 243 Å². The normalized spacial score (nSPS) is 15.7. The number of aryl methyl sites for hydroxylation is 1. The third-order valence-electron chi connectivity index (χ3n) is 8.46. The average Bonchev–Trinajstić information content (AvgIpc) is 3.05. The van der Waals surface area contributed by atoms with Crippen molar-refractivity contribution in [3.05, 3.63) is 125 Å². The second kappa shape index (κ2) is 12.7. The molecule has 2 aliphatic rings. The Bertz CT molecular complexity index is 1460. The van der Waals surface area contributed by atoms with Crippen LogP contribution >= 0.6 is 0 Å². The highest BCUT2D eigenvalue weighted by molar-refractivity contribution is 6.00. The Kier molecular flexibility index (Phi) is 8.45. The van der Waals surface area contributed by atoms with E-state index in [2.05, 4.69) is 70.5 Å². The lowest BCUT2D eigenvalue weighted by molar-refractivity contribution is -0.141. The van der Waals surface area contributed by atoms with Crippen LogP contribution in [0.25, 0.3) is 11.1 Å². The summed E-state index contributed by atoms with van der Waals surface area (Å²) < 4.78 is 17.2. The van der Waals surface area contributed by atoms with Crippen LogP contribution in [-0.4, -0.2) is 38.6 Å². The molecule has 0 amide bonds. The van der Waals surface area contributed by atoms with Gasteiger partial charge in [0.25, 0.3) is 0 Å². The van der Waals surface area contributed by atoms with Gasteiger partial charge in [-0.25, -0.2) is 0 Å². The fourth-order valence-electron chi connectivity index (χ4n) is 6.31. The van der Waals surface area contributed by atoms with Gasteiger partial charge in [-0.1, -0.05) is 54.6 Å².